The van der Waals surface area contributed by atoms with Crippen LogP contribution in [0.15, 0.2) is 12.3 Å². The summed E-state index contributed by atoms with van der Waals surface area (Å²) in [5.74, 6) is 0.115. The normalized spacial score (nSPS) is 21.6. The number of carbonyl (C=O) groups is 1. The molecule has 2 saturated heterocycles. The molecule has 0 aromatic carbocycles. The number of piperidine rings is 1. The zero-order chi connectivity index (χ0) is 14.1. The van der Waals surface area contributed by atoms with Gasteiger partial charge in [-0.25, -0.2) is 0 Å². The van der Waals surface area contributed by atoms with Gasteiger partial charge >= 0.3 is 0 Å². The summed E-state index contributed by atoms with van der Waals surface area (Å²) in [5.41, 5.74) is 7.11. The van der Waals surface area contributed by atoms with Gasteiger partial charge in [0.25, 0.3) is 5.91 Å². The first-order valence-corrected chi connectivity index (χ1v) is 7.60. The van der Waals surface area contributed by atoms with Gasteiger partial charge in [-0.05, 0) is 44.8 Å². The number of likely N-dealkylation sites (tertiary alicyclic amines) is 2. The maximum Gasteiger partial charge on any atom is 0.270 e. The van der Waals surface area contributed by atoms with E-state index >= 15 is 0 Å². The molecule has 2 fully saturated rings. The van der Waals surface area contributed by atoms with Crippen molar-refractivity contribution in [1.29, 1.82) is 0 Å². The van der Waals surface area contributed by atoms with Crippen LogP contribution in [0.4, 0.5) is 5.69 Å². The first kappa shape index (κ1) is 13.5. The quantitative estimate of drug-likeness (QED) is 0.886. The zero-order valence-corrected chi connectivity index (χ0v) is 12.2. The Morgan fingerprint density at radius 1 is 1.20 bits per heavy atom. The molecule has 1 amide bonds. The Morgan fingerprint density at radius 3 is 2.40 bits per heavy atom. The highest BCUT2D eigenvalue weighted by Gasteiger charge is 2.29. The van der Waals surface area contributed by atoms with Gasteiger partial charge in [0.2, 0.25) is 0 Å². The largest absolute Gasteiger partial charge is 0.397 e. The number of hydrogen-bond donors (Lipinski definition) is 1. The highest BCUT2D eigenvalue weighted by Crippen LogP contribution is 2.22. The molecule has 0 aliphatic carbocycles. The Hall–Kier alpha value is -1.49. The number of nitrogens with two attached hydrogens (primary N) is 1. The number of aryl methyl sites for hydroxylation is 1. The predicted octanol–water partition coefficient (Wildman–Crippen LogP) is 1.31. The van der Waals surface area contributed by atoms with Crippen molar-refractivity contribution >= 4 is 11.6 Å². The second-order valence-electron chi connectivity index (χ2n) is 6.04. The second kappa shape index (κ2) is 5.48. The molecule has 0 atom stereocenters. The molecular weight excluding hydrogens is 252 g/mol. The van der Waals surface area contributed by atoms with Crippen LogP contribution < -0.4 is 5.73 Å². The SMILES string of the molecule is Cn1cc(N)cc1C(=O)N1CCC(N2CCCC2)CC1. The summed E-state index contributed by atoms with van der Waals surface area (Å²) in [6, 6.07) is 2.45. The highest BCUT2D eigenvalue weighted by molar-refractivity contribution is 5.93. The van der Waals surface area contributed by atoms with E-state index in [1.165, 1.54) is 25.9 Å². The summed E-state index contributed by atoms with van der Waals surface area (Å²) in [5, 5.41) is 0. The van der Waals surface area contributed by atoms with Crippen molar-refractivity contribution in [2.75, 3.05) is 31.9 Å². The number of nitrogens with zero attached hydrogens (tertiary/aromatic N) is 3. The third-order valence-electron chi connectivity index (χ3n) is 4.65. The van der Waals surface area contributed by atoms with Crippen LogP contribution >= 0.6 is 0 Å². The van der Waals surface area contributed by atoms with Gasteiger partial charge in [0.1, 0.15) is 5.69 Å². The van der Waals surface area contributed by atoms with Crippen LogP contribution in [0.2, 0.25) is 0 Å². The summed E-state index contributed by atoms with van der Waals surface area (Å²) >= 11 is 0. The smallest absolute Gasteiger partial charge is 0.270 e. The molecule has 5 nitrogen and oxygen atoms in total. The maximum absolute atomic E-state index is 12.5. The van der Waals surface area contributed by atoms with Crippen molar-refractivity contribution < 1.29 is 4.79 Å². The summed E-state index contributed by atoms with van der Waals surface area (Å²) in [4.78, 5) is 17.1. The Labute approximate surface area is 120 Å². The number of nitrogen functional groups attached to an aromatic ring is 1. The number of anilines is 1. The molecule has 0 radical (unpaired) electrons. The van der Waals surface area contributed by atoms with Crippen LogP contribution in [0.25, 0.3) is 0 Å². The molecular formula is C15H24N4O. The standard InChI is InChI=1S/C15H24N4O/c1-17-11-12(16)10-14(17)15(20)19-8-4-13(5-9-19)18-6-2-3-7-18/h10-11,13H,2-9,16H2,1H3. The topological polar surface area (TPSA) is 54.5 Å². The lowest BCUT2D eigenvalue weighted by Gasteiger charge is -2.36. The predicted molar refractivity (Wildman–Crippen MR) is 79.6 cm³/mol. The first-order valence-electron chi connectivity index (χ1n) is 7.60. The van der Waals surface area contributed by atoms with Crippen LogP contribution in [-0.2, 0) is 7.05 Å². The summed E-state index contributed by atoms with van der Waals surface area (Å²) in [7, 11) is 1.88. The summed E-state index contributed by atoms with van der Waals surface area (Å²) in [6.07, 6.45) is 6.67. The van der Waals surface area contributed by atoms with E-state index in [0.29, 0.717) is 17.4 Å². The lowest BCUT2D eigenvalue weighted by atomic mass is 10.0. The van der Waals surface area contributed by atoms with Crippen molar-refractivity contribution in [2.24, 2.45) is 7.05 Å². The minimum atomic E-state index is 0.115. The first-order chi connectivity index (χ1) is 9.65. The third kappa shape index (κ3) is 2.54. The van der Waals surface area contributed by atoms with Gasteiger partial charge in [0.05, 0.1) is 5.69 Å². The average molecular weight is 276 g/mol. The minimum Gasteiger partial charge on any atom is -0.397 e. The number of aromatic nitrogens is 1. The fourth-order valence-corrected chi connectivity index (χ4v) is 3.51. The third-order valence-corrected chi connectivity index (χ3v) is 4.65. The zero-order valence-electron chi connectivity index (χ0n) is 12.2. The number of hydrogen-bond acceptors (Lipinski definition) is 3. The van der Waals surface area contributed by atoms with Gasteiger partial charge in [0.15, 0.2) is 0 Å². The molecule has 1 aromatic heterocycles. The van der Waals surface area contributed by atoms with E-state index in [9.17, 15) is 4.79 Å². The minimum absolute atomic E-state index is 0.115. The molecule has 3 rings (SSSR count). The van der Waals surface area contributed by atoms with Crippen molar-refractivity contribution in [1.82, 2.24) is 14.4 Å². The van der Waals surface area contributed by atoms with Crippen LogP contribution in [0.1, 0.15) is 36.2 Å². The molecule has 0 spiro atoms. The molecule has 2 N–H and O–H groups in total. The van der Waals surface area contributed by atoms with Gasteiger partial charge in [-0.15, -0.1) is 0 Å². The van der Waals surface area contributed by atoms with Crippen LogP contribution in [0.3, 0.4) is 0 Å². The molecule has 2 aliphatic heterocycles. The molecule has 2 aliphatic rings. The van der Waals surface area contributed by atoms with E-state index in [4.69, 9.17) is 5.73 Å². The van der Waals surface area contributed by atoms with Gasteiger partial charge in [-0.3, -0.25) is 4.79 Å². The molecule has 0 unspecified atom stereocenters. The van der Waals surface area contributed by atoms with Crippen molar-refractivity contribution in [2.45, 2.75) is 31.7 Å². The van der Waals surface area contributed by atoms with E-state index in [1.807, 2.05) is 16.5 Å². The van der Waals surface area contributed by atoms with E-state index in [-0.39, 0.29) is 5.91 Å². The second-order valence-corrected chi connectivity index (χ2v) is 6.04. The van der Waals surface area contributed by atoms with Crippen LogP contribution in [0, 0.1) is 0 Å². The Kier molecular flexibility index (Phi) is 3.70. The van der Waals surface area contributed by atoms with Crippen LogP contribution in [-0.4, -0.2) is 52.5 Å². The monoisotopic (exact) mass is 276 g/mol. The fourth-order valence-electron chi connectivity index (χ4n) is 3.51. The van der Waals surface area contributed by atoms with Gasteiger partial charge in [-0.2, -0.15) is 0 Å². The summed E-state index contributed by atoms with van der Waals surface area (Å²) in [6.45, 7) is 4.22. The molecule has 0 bridgehead atoms. The van der Waals surface area contributed by atoms with E-state index < -0.39 is 0 Å². The van der Waals surface area contributed by atoms with Crippen molar-refractivity contribution in [3.63, 3.8) is 0 Å². The molecule has 110 valence electrons. The van der Waals surface area contributed by atoms with Gasteiger partial charge in [-0.1, -0.05) is 0 Å². The maximum atomic E-state index is 12.5. The number of carbonyl (C=O) groups excluding carboxylic acids is 1. The van der Waals surface area contributed by atoms with E-state index in [0.717, 1.165) is 25.9 Å². The Morgan fingerprint density at radius 2 is 1.85 bits per heavy atom. The molecule has 1 aromatic rings. The Balaban J connectivity index is 1.60. The van der Waals surface area contributed by atoms with E-state index in [2.05, 4.69) is 4.90 Å². The molecule has 3 heterocycles. The number of amides is 1. The van der Waals surface area contributed by atoms with Crippen molar-refractivity contribution in [3.05, 3.63) is 18.0 Å². The lowest BCUT2D eigenvalue weighted by molar-refractivity contribution is 0.0635. The average Bonchev–Trinajstić information content (AvgIpc) is 3.08. The van der Waals surface area contributed by atoms with E-state index in [1.54, 1.807) is 12.3 Å². The molecule has 0 saturated carbocycles. The summed E-state index contributed by atoms with van der Waals surface area (Å²) < 4.78 is 1.82. The Bertz CT molecular complexity index is 482. The van der Waals surface area contributed by atoms with Gasteiger partial charge in [0, 0.05) is 32.4 Å². The lowest BCUT2D eigenvalue weighted by Crippen LogP contribution is -2.46. The van der Waals surface area contributed by atoms with Gasteiger partial charge < -0.3 is 20.1 Å². The molecule has 20 heavy (non-hydrogen) atoms. The fraction of sp³-hybridized carbons (Fsp3) is 0.667. The molecule has 5 heteroatoms. The van der Waals surface area contributed by atoms with Crippen molar-refractivity contribution in [3.8, 4) is 0 Å². The number of rotatable bonds is 2. The highest BCUT2D eigenvalue weighted by atomic mass is 16.2. The van der Waals surface area contributed by atoms with Crippen LogP contribution in [0.5, 0.6) is 0 Å².